The van der Waals surface area contributed by atoms with E-state index in [1.54, 1.807) is 18.1 Å². The number of hydrogen-bond donors (Lipinski definition) is 1. The molecular weight excluding hydrogens is 354 g/mol. The molecular formula is C20H26F2N2O3. The maximum atomic E-state index is 12.9. The van der Waals surface area contributed by atoms with Crippen molar-refractivity contribution in [2.45, 2.75) is 69.7 Å². The van der Waals surface area contributed by atoms with Crippen molar-refractivity contribution in [3.8, 4) is 0 Å². The first kappa shape index (κ1) is 19.7. The first-order valence-corrected chi connectivity index (χ1v) is 9.43. The molecule has 0 radical (unpaired) electrons. The molecule has 5 nitrogen and oxygen atoms in total. The average molecular weight is 380 g/mol. The average Bonchev–Trinajstić information content (AvgIpc) is 3.23. The van der Waals surface area contributed by atoms with Crippen LogP contribution >= 0.6 is 0 Å². The lowest BCUT2D eigenvalue weighted by Crippen LogP contribution is -2.45. The van der Waals surface area contributed by atoms with E-state index in [2.05, 4.69) is 5.32 Å². The highest BCUT2D eigenvalue weighted by molar-refractivity contribution is 5.95. The summed E-state index contributed by atoms with van der Waals surface area (Å²) in [5.41, 5.74) is 0.134. The molecule has 0 aliphatic carbocycles. The molecule has 1 unspecified atom stereocenters. The van der Waals surface area contributed by atoms with Gasteiger partial charge in [-0.3, -0.25) is 9.59 Å². The second-order valence-electron chi connectivity index (χ2n) is 7.43. The number of ether oxygens (including phenoxy) is 1. The third kappa shape index (κ3) is 4.29. The Morgan fingerprint density at radius 2 is 2.11 bits per heavy atom. The van der Waals surface area contributed by atoms with E-state index in [1.165, 1.54) is 18.2 Å². The molecule has 2 amide bonds. The van der Waals surface area contributed by atoms with Crippen molar-refractivity contribution >= 4 is 11.8 Å². The summed E-state index contributed by atoms with van der Waals surface area (Å²) in [7, 11) is 1.62. The first-order chi connectivity index (χ1) is 12.9. The minimum atomic E-state index is -2.60. The Labute approximate surface area is 158 Å². The van der Waals surface area contributed by atoms with Gasteiger partial charge in [0.05, 0.1) is 18.2 Å². The van der Waals surface area contributed by atoms with Crippen LogP contribution in [0.2, 0.25) is 0 Å². The molecule has 1 aromatic rings. The van der Waals surface area contributed by atoms with Crippen LogP contribution in [0.1, 0.15) is 61.4 Å². The normalized spacial score (nSPS) is 25.1. The number of carbonyl (C=O) groups excluding carboxylic acids is 2. The lowest BCUT2D eigenvalue weighted by molar-refractivity contribution is -0.122. The maximum absolute atomic E-state index is 12.9. The van der Waals surface area contributed by atoms with E-state index < -0.39 is 6.43 Å². The molecule has 27 heavy (non-hydrogen) atoms. The summed E-state index contributed by atoms with van der Waals surface area (Å²) in [4.78, 5) is 26.9. The highest BCUT2D eigenvalue weighted by atomic mass is 19.3. The lowest BCUT2D eigenvalue weighted by Gasteiger charge is -2.25. The molecule has 2 bridgehead atoms. The van der Waals surface area contributed by atoms with Crippen LogP contribution in [0.3, 0.4) is 0 Å². The van der Waals surface area contributed by atoms with Gasteiger partial charge in [-0.1, -0.05) is 12.1 Å². The number of rotatable bonds is 7. The van der Waals surface area contributed by atoms with E-state index in [-0.39, 0.29) is 47.2 Å². The highest BCUT2D eigenvalue weighted by Gasteiger charge is 2.49. The van der Waals surface area contributed by atoms with Crippen LogP contribution in [0, 0.1) is 0 Å². The number of amides is 2. The predicted octanol–water partition coefficient (Wildman–Crippen LogP) is 3.30. The summed E-state index contributed by atoms with van der Waals surface area (Å²) >= 11 is 0. The summed E-state index contributed by atoms with van der Waals surface area (Å²) in [6.45, 7) is 1.92. The summed E-state index contributed by atoms with van der Waals surface area (Å²) in [6.07, 6.45) is 0.879. The molecule has 0 aromatic heterocycles. The molecule has 4 atom stereocenters. The van der Waals surface area contributed by atoms with Gasteiger partial charge in [0.2, 0.25) is 5.91 Å². The third-order valence-corrected chi connectivity index (χ3v) is 5.68. The fourth-order valence-corrected chi connectivity index (χ4v) is 4.15. The Balaban J connectivity index is 1.64. The zero-order valence-electron chi connectivity index (χ0n) is 15.7. The zero-order chi connectivity index (χ0) is 19.6. The summed E-state index contributed by atoms with van der Waals surface area (Å²) in [5.74, 6) is -0.265. The first-order valence-electron chi connectivity index (χ1n) is 9.43. The van der Waals surface area contributed by atoms with Crippen LogP contribution in [0.15, 0.2) is 24.3 Å². The Morgan fingerprint density at radius 3 is 2.81 bits per heavy atom. The summed E-state index contributed by atoms with van der Waals surface area (Å²) in [6, 6.07) is 5.57. The van der Waals surface area contributed by atoms with Crippen molar-refractivity contribution < 1.29 is 23.1 Å². The van der Waals surface area contributed by atoms with Crippen LogP contribution in [-0.4, -0.2) is 48.1 Å². The van der Waals surface area contributed by atoms with E-state index in [0.29, 0.717) is 12.8 Å². The molecule has 148 valence electrons. The maximum Gasteiger partial charge on any atom is 0.263 e. The number of carbonyl (C=O) groups is 2. The topological polar surface area (TPSA) is 58.6 Å². The van der Waals surface area contributed by atoms with E-state index >= 15 is 0 Å². The highest BCUT2D eigenvalue weighted by Crippen LogP contribution is 2.39. The molecule has 0 spiro atoms. The summed E-state index contributed by atoms with van der Waals surface area (Å²) < 4.78 is 31.0. The number of fused-ring (bicyclic) bond motifs is 2. The molecule has 2 aliphatic rings. The van der Waals surface area contributed by atoms with Crippen LogP contribution in [0.25, 0.3) is 0 Å². The number of benzene rings is 1. The van der Waals surface area contributed by atoms with Gasteiger partial charge in [0.15, 0.2) is 0 Å². The lowest BCUT2D eigenvalue weighted by atomic mass is 9.95. The minimum absolute atomic E-state index is 0.0240. The van der Waals surface area contributed by atoms with Crippen LogP contribution < -0.4 is 5.32 Å². The number of halogens is 2. The Hall–Kier alpha value is -2.02. The van der Waals surface area contributed by atoms with Gasteiger partial charge in [-0.05, 0) is 44.7 Å². The minimum Gasteiger partial charge on any atom is -0.382 e. The summed E-state index contributed by atoms with van der Waals surface area (Å²) in [5, 5.41) is 3.05. The number of hydrogen-bond acceptors (Lipinski definition) is 3. The monoisotopic (exact) mass is 380 g/mol. The SMILES string of the molecule is COC(C)CCC(=O)N[C@@H]1C[C@@H]2CC[C@H]1N2C(=O)c1cccc(C(F)F)c1. The van der Waals surface area contributed by atoms with E-state index in [4.69, 9.17) is 4.74 Å². The molecule has 1 aromatic carbocycles. The van der Waals surface area contributed by atoms with Gasteiger partial charge in [0.25, 0.3) is 12.3 Å². The quantitative estimate of drug-likeness (QED) is 0.790. The van der Waals surface area contributed by atoms with E-state index in [9.17, 15) is 18.4 Å². The molecule has 7 heteroatoms. The smallest absolute Gasteiger partial charge is 0.263 e. The second kappa shape index (κ2) is 8.33. The Morgan fingerprint density at radius 1 is 1.33 bits per heavy atom. The fourth-order valence-electron chi connectivity index (χ4n) is 4.15. The van der Waals surface area contributed by atoms with Crippen molar-refractivity contribution in [2.75, 3.05) is 7.11 Å². The standard InChI is InChI=1S/C20H26F2N2O3/c1-12(27-2)6-9-18(25)23-16-11-15-7-8-17(16)24(15)20(26)14-5-3-4-13(10-14)19(21)22/h3-5,10,12,15-17,19H,6-9,11H2,1-2H3,(H,23,25)/t12?,15-,16+,17+/m0/s1. The molecule has 2 saturated heterocycles. The van der Waals surface area contributed by atoms with Crippen molar-refractivity contribution in [2.24, 2.45) is 0 Å². The predicted molar refractivity (Wildman–Crippen MR) is 96.6 cm³/mol. The van der Waals surface area contributed by atoms with Crippen LogP contribution in [-0.2, 0) is 9.53 Å². The number of nitrogens with one attached hydrogen (secondary N) is 1. The zero-order valence-corrected chi connectivity index (χ0v) is 15.7. The van der Waals surface area contributed by atoms with Gasteiger partial charge in [0, 0.05) is 30.7 Å². The van der Waals surface area contributed by atoms with Gasteiger partial charge in [-0.25, -0.2) is 8.78 Å². The van der Waals surface area contributed by atoms with Gasteiger partial charge < -0.3 is 15.0 Å². The van der Waals surface area contributed by atoms with Gasteiger partial charge >= 0.3 is 0 Å². The van der Waals surface area contributed by atoms with E-state index in [1.807, 2.05) is 6.92 Å². The van der Waals surface area contributed by atoms with Gasteiger partial charge in [0.1, 0.15) is 0 Å². The number of alkyl halides is 2. The second-order valence-corrected chi connectivity index (χ2v) is 7.43. The van der Waals surface area contributed by atoms with Crippen LogP contribution in [0.4, 0.5) is 8.78 Å². The van der Waals surface area contributed by atoms with Gasteiger partial charge in [-0.2, -0.15) is 0 Å². The molecule has 2 fully saturated rings. The molecule has 1 N–H and O–H groups in total. The molecule has 2 heterocycles. The van der Waals surface area contributed by atoms with Crippen molar-refractivity contribution in [1.29, 1.82) is 0 Å². The largest absolute Gasteiger partial charge is 0.382 e. The number of methoxy groups -OCH3 is 1. The van der Waals surface area contributed by atoms with Crippen molar-refractivity contribution in [3.63, 3.8) is 0 Å². The Bertz CT molecular complexity index is 698. The van der Waals surface area contributed by atoms with Crippen LogP contribution in [0.5, 0.6) is 0 Å². The Kier molecular flexibility index (Phi) is 6.09. The van der Waals surface area contributed by atoms with Crippen molar-refractivity contribution in [3.05, 3.63) is 35.4 Å². The van der Waals surface area contributed by atoms with Gasteiger partial charge in [-0.15, -0.1) is 0 Å². The molecule has 2 aliphatic heterocycles. The fraction of sp³-hybridized carbons (Fsp3) is 0.600. The molecule has 0 saturated carbocycles. The van der Waals surface area contributed by atoms with E-state index in [0.717, 1.165) is 19.3 Å². The number of nitrogens with zero attached hydrogens (tertiary/aromatic N) is 1. The molecule has 3 rings (SSSR count). The van der Waals surface area contributed by atoms with Crippen molar-refractivity contribution in [1.82, 2.24) is 10.2 Å². The third-order valence-electron chi connectivity index (χ3n) is 5.68.